The smallest absolute Gasteiger partial charge is 0.289 e. The number of thioether (sulfide) groups is 1. The molecule has 0 saturated carbocycles. The predicted molar refractivity (Wildman–Crippen MR) is 101 cm³/mol. The summed E-state index contributed by atoms with van der Waals surface area (Å²) in [5.41, 5.74) is 7.08. The summed E-state index contributed by atoms with van der Waals surface area (Å²) in [5, 5.41) is 0.551. The quantitative estimate of drug-likeness (QED) is 0.471. The van der Waals surface area contributed by atoms with Crippen molar-refractivity contribution in [2.45, 2.75) is 18.0 Å². The number of hydrazine groups is 1. The summed E-state index contributed by atoms with van der Waals surface area (Å²) < 4.78 is 0. The molecule has 9 heteroatoms. The maximum absolute atomic E-state index is 12.2. The number of hydrogen-bond donors (Lipinski definition) is 2. The molecule has 0 saturated heterocycles. The molecule has 2 aromatic rings. The SMILES string of the molecule is CSc1ncc(Cl)c(C(=O)NNC(=O)CN2CCCc3ccccc32)n1. The topological polar surface area (TPSA) is 87.2 Å². The van der Waals surface area contributed by atoms with Gasteiger partial charge in [0.1, 0.15) is 0 Å². The van der Waals surface area contributed by atoms with Crippen molar-refractivity contribution in [2.75, 3.05) is 24.2 Å². The Bertz CT molecular complexity index is 833. The second-order valence-electron chi connectivity index (χ2n) is 5.71. The van der Waals surface area contributed by atoms with Crippen LogP contribution < -0.4 is 15.8 Å². The van der Waals surface area contributed by atoms with Crippen LogP contribution in [0.25, 0.3) is 0 Å². The molecule has 0 unspecified atom stereocenters. The molecule has 2 N–H and O–H groups in total. The van der Waals surface area contributed by atoms with Crippen molar-refractivity contribution in [2.24, 2.45) is 0 Å². The fourth-order valence-electron chi connectivity index (χ4n) is 2.78. The summed E-state index contributed by atoms with van der Waals surface area (Å²) in [7, 11) is 0. The van der Waals surface area contributed by atoms with Gasteiger partial charge in [-0.25, -0.2) is 9.97 Å². The highest BCUT2D eigenvalue weighted by Crippen LogP contribution is 2.26. The third kappa shape index (κ3) is 4.25. The lowest BCUT2D eigenvalue weighted by atomic mass is 10.0. The Morgan fingerprint density at radius 1 is 1.31 bits per heavy atom. The van der Waals surface area contributed by atoms with E-state index in [4.69, 9.17) is 11.6 Å². The van der Waals surface area contributed by atoms with Gasteiger partial charge in [0.25, 0.3) is 11.8 Å². The number of aryl methyl sites for hydroxylation is 1. The third-order valence-electron chi connectivity index (χ3n) is 3.98. The number of carbonyl (C=O) groups is 2. The summed E-state index contributed by atoms with van der Waals surface area (Å²) in [6, 6.07) is 8.03. The molecule has 7 nitrogen and oxygen atoms in total. The lowest BCUT2D eigenvalue weighted by Crippen LogP contribution is -2.47. The van der Waals surface area contributed by atoms with Gasteiger partial charge in [0, 0.05) is 12.2 Å². The molecular formula is C17H18ClN5O2S. The number of hydrogen-bond acceptors (Lipinski definition) is 6. The first-order valence-corrected chi connectivity index (χ1v) is 9.67. The van der Waals surface area contributed by atoms with E-state index in [1.807, 2.05) is 23.1 Å². The van der Waals surface area contributed by atoms with E-state index in [0.717, 1.165) is 25.1 Å². The zero-order valence-corrected chi connectivity index (χ0v) is 15.7. The maximum atomic E-state index is 12.2. The van der Waals surface area contributed by atoms with E-state index in [2.05, 4.69) is 26.9 Å². The van der Waals surface area contributed by atoms with Crippen molar-refractivity contribution in [3.63, 3.8) is 0 Å². The van der Waals surface area contributed by atoms with Gasteiger partial charge >= 0.3 is 0 Å². The van der Waals surface area contributed by atoms with Gasteiger partial charge in [-0.15, -0.1) is 0 Å². The van der Waals surface area contributed by atoms with Crippen LogP contribution in [0.4, 0.5) is 5.69 Å². The molecule has 0 aliphatic carbocycles. The Balaban J connectivity index is 1.59. The number of nitrogens with one attached hydrogen (secondary N) is 2. The van der Waals surface area contributed by atoms with Gasteiger partial charge in [-0.05, 0) is 30.7 Å². The number of benzene rings is 1. The normalized spacial score (nSPS) is 13.1. The van der Waals surface area contributed by atoms with Crippen LogP contribution in [0.1, 0.15) is 22.5 Å². The molecule has 3 rings (SSSR count). The zero-order chi connectivity index (χ0) is 18.5. The molecule has 0 fully saturated rings. The molecule has 1 aromatic carbocycles. The molecule has 136 valence electrons. The van der Waals surface area contributed by atoms with Crippen LogP contribution in [0, 0.1) is 0 Å². The van der Waals surface area contributed by atoms with E-state index in [1.165, 1.54) is 23.5 Å². The average Bonchev–Trinajstić information content (AvgIpc) is 2.67. The summed E-state index contributed by atoms with van der Waals surface area (Å²) >= 11 is 7.25. The van der Waals surface area contributed by atoms with Crippen molar-refractivity contribution < 1.29 is 9.59 Å². The van der Waals surface area contributed by atoms with Gasteiger partial charge in [0.05, 0.1) is 17.8 Å². The van der Waals surface area contributed by atoms with Crippen LogP contribution in [0.2, 0.25) is 5.02 Å². The molecule has 0 spiro atoms. The average molecular weight is 392 g/mol. The minimum absolute atomic E-state index is 0.0228. The number of anilines is 1. The molecule has 0 radical (unpaired) electrons. The van der Waals surface area contributed by atoms with Crippen LogP contribution in [0.15, 0.2) is 35.6 Å². The molecule has 1 aliphatic heterocycles. The number of amides is 2. The van der Waals surface area contributed by atoms with Gasteiger partial charge in [0.15, 0.2) is 10.9 Å². The highest BCUT2D eigenvalue weighted by atomic mass is 35.5. The Labute approximate surface area is 160 Å². The van der Waals surface area contributed by atoms with Gasteiger partial charge in [-0.2, -0.15) is 0 Å². The van der Waals surface area contributed by atoms with Gasteiger partial charge < -0.3 is 4.90 Å². The third-order valence-corrected chi connectivity index (χ3v) is 4.81. The van der Waals surface area contributed by atoms with Gasteiger partial charge in [-0.3, -0.25) is 20.4 Å². The Hall–Kier alpha value is -2.32. The molecule has 0 bridgehead atoms. The highest BCUT2D eigenvalue weighted by Gasteiger charge is 2.20. The molecule has 2 heterocycles. The number of rotatable bonds is 4. The Morgan fingerprint density at radius 2 is 2.12 bits per heavy atom. The minimum Gasteiger partial charge on any atom is -0.362 e. The summed E-state index contributed by atoms with van der Waals surface area (Å²) in [6.07, 6.45) is 5.16. The van der Waals surface area contributed by atoms with Crippen LogP contribution in [0.5, 0.6) is 0 Å². The Kier molecular flexibility index (Phi) is 5.95. The number of carbonyl (C=O) groups excluding carboxylic acids is 2. The van der Waals surface area contributed by atoms with Gasteiger partial charge in [-0.1, -0.05) is 41.6 Å². The molecule has 1 aliphatic rings. The second-order valence-corrected chi connectivity index (χ2v) is 6.89. The van der Waals surface area contributed by atoms with E-state index < -0.39 is 5.91 Å². The molecule has 2 amide bonds. The van der Waals surface area contributed by atoms with Crippen molar-refractivity contribution in [1.82, 2.24) is 20.8 Å². The van der Waals surface area contributed by atoms with Crippen molar-refractivity contribution in [3.8, 4) is 0 Å². The fraction of sp³-hybridized carbons (Fsp3) is 0.294. The monoisotopic (exact) mass is 391 g/mol. The van der Waals surface area contributed by atoms with Crippen LogP contribution in [0.3, 0.4) is 0 Å². The Morgan fingerprint density at radius 3 is 2.92 bits per heavy atom. The van der Waals surface area contributed by atoms with Crippen molar-refractivity contribution in [3.05, 3.63) is 46.7 Å². The first-order valence-electron chi connectivity index (χ1n) is 8.07. The number of fused-ring (bicyclic) bond motifs is 1. The van der Waals surface area contributed by atoms with Crippen LogP contribution >= 0.6 is 23.4 Å². The summed E-state index contributed by atoms with van der Waals surface area (Å²) in [4.78, 5) is 34.5. The standard InChI is InChI=1S/C17H18ClN5O2S/c1-26-17-19-9-12(18)15(20-17)16(25)22-21-14(24)10-23-8-4-6-11-5-2-3-7-13(11)23/h2-3,5,7,9H,4,6,8,10H2,1H3,(H,21,24)(H,22,25). The second kappa shape index (κ2) is 8.37. The molecule has 26 heavy (non-hydrogen) atoms. The summed E-state index contributed by atoms with van der Waals surface area (Å²) in [5.74, 6) is -0.898. The van der Waals surface area contributed by atoms with E-state index in [0.29, 0.717) is 5.16 Å². The highest BCUT2D eigenvalue weighted by molar-refractivity contribution is 7.98. The lowest BCUT2D eigenvalue weighted by molar-refractivity contribution is -0.120. The fourth-order valence-corrected chi connectivity index (χ4v) is 3.30. The molecule has 0 atom stereocenters. The maximum Gasteiger partial charge on any atom is 0.289 e. The minimum atomic E-state index is -0.583. The van der Waals surface area contributed by atoms with Crippen LogP contribution in [-0.2, 0) is 11.2 Å². The first kappa shape index (κ1) is 18.5. The number of halogens is 1. The van der Waals surface area contributed by atoms with Crippen molar-refractivity contribution in [1.29, 1.82) is 0 Å². The first-order chi connectivity index (χ1) is 12.6. The van der Waals surface area contributed by atoms with Crippen molar-refractivity contribution >= 4 is 40.9 Å². The largest absolute Gasteiger partial charge is 0.362 e. The van der Waals surface area contributed by atoms with E-state index in [1.54, 1.807) is 6.26 Å². The molecular weight excluding hydrogens is 374 g/mol. The zero-order valence-electron chi connectivity index (χ0n) is 14.2. The lowest BCUT2D eigenvalue weighted by Gasteiger charge is -2.30. The van der Waals surface area contributed by atoms with E-state index in [9.17, 15) is 9.59 Å². The number of nitrogens with zero attached hydrogens (tertiary/aromatic N) is 3. The molecule has 1 aromatic heterocycles. The van der Waals surface area contributed by atoms with E-state index in [-0.39, 0.29) is 23.2 Å². The number of para-hydroxylation sites is 1. The summed E-state index contributed by atoms with van der Waals surface area (Å²) in [6.45, 7) is 0.956. The van der Waals surface area contributed by atoms with Gasteiger partial charge in [0.2, 0.25) is 0 Å². The predicted octanol–water partition coefficient (Wildman–Crippen LogP) is 2.07. The van der Waals surface area contributed by atoms with Crippen LogP contribution in [-0.4, -0.2) is 41.1 Å². The number of aromatic nitrogens is 2. The van der Waals surface area contributed by atoms with E-state index >= 15 is 0 Å².